The fourth-order valence-corrected chi connectivity index (χ4v) is 3.50. The van der Waals surface area contributed by atoms with Gasteiger partial charge in [-0.1, -0.05) is 45.0 Å². The summed E-state index contributed by atoms with van der Waals surface area (Å²) < 4.78 is 87.4. The monoisotopic (exact) mass is 555 g/mol. The Hall–Kier alpha value is -4.22. The first-order valence-corrected chi connectivity index (χ1v) is 11.3. The summed E-state index contributed by atoms with van der Waals surface area (Å²) in [6.45, 7) is 5.57. The van der Waals surface area contributed by atoms with E-state index in [0.717, 1.165) is 35.9 Å². The van der Waals surface area contributed by atoms with Crippen molar-refractivity contribution in [2.45, 2.75) is 45.3 Å². The van der Waals surface area contributed by atoms with E-state index >= 15 is 0 Å². The van der Waals surface area contributed by atoms with Crippen molar-refractivity contribution in [1.29, 1.82) is 0 Å². The summed E-state index contributed by atoms with van der Waals surface area (Å²) in [6.07, 6.45) is -9.84. The van der Waals surface area contributed by atoms with Crippen molar-refractivity contribution in [2.24, 2.45) is 0 Å². The Morgan fingerprint density at radius 3 is 1.82 bits per heavy atom. The fourth-order valence-electron chi connectivity index (χ4n) is 3.50. The summed E-state index contributed by atoms with van der Waals surface area (Å²) in [5, 5.41) is 9.35. The second-order valence-electron chi connectivity index (χ2n) is 9.48. The van der Waals surface area contributed by atoms with Crippen molar-refractivity contribution < 1.29 is 50.5 Å². The van der Waals surface area contributed by atoms with Gasteiger partial charge in [-0.15, -0.1) is 13.2 Å². The van der Waals surface area contributed by atoms with Gasteiger partial charge in [0.2, 0.25) is 0 Å². The number of hydrogen-bond acceptors (Lipinski definition) is 4. The molecular formula is C27H23F6NO5. The molecule has 0 spiro atoms. The average molecular weight is 555 g/mol. The van der Waals surface area contributed by atoms with E-state index in [1.165, 1.54) is 0 Å². The summed E-state index contributed by atoms with van der Waals surface area (Å²) in [4.78, 5) is 24.8. The summed E-state index contributed by atoms with van der Waals surface area (Å²) in [7, 11) is 0. The lowest BCUT2D eigenvalue weighted by molar-refractivity contribution is -0.274. The Kier molecular flexibility index (Phi) is 8.18. The molecule has 3 aromatic carbocycles. The van der Waals surface area contributed by atoms with Crippen LogP contribution >= 0.6 is 0 Å². The molecule has 0 atom stereocenters. The molecule has 0 fully saturated rings. The Morgan fingerprint density at radius 2 is 1.33 bits per heavy atom. The molecule has 0 unspecified atom stereocenters. The molecule has 3 aromatic rings. The van der Waals surface area contributed by atoms with Gasteiger partial charge in [-0.05, 0) is 52.9 Å². The molecule has 0 heterocycles. The number of benzene rings is 3. The average Bonchev–Trinajstić information content (AvgIpc) is 2.81. The Balaban J connectivity index is 2.00. The highest BCUT2D eigenvalue weighted by molar-refractivity contribution is 6.37. The van der Waals surface area contributed by atoms with Crippen LogP contribution in [0.15, 0.2) is 66.7 Å². The number of aliphatic carboxylic acids is 1. The number of rotatable bonds is 6. The Bertz CT molecular complexity index is 1330. The minimum absolute atomic E-state index is 0.135. The van der Waals surface area contributed by atoms with Gasteiger partial charge in [0.05, 0.1) is 12.1 Å². The highest BCUT2D eigenvalue weighted by Gasteiger charge is 2.34. The number of hydrogen-bond donors (Lipinski definition) is 1. The van der Waals surface area contributed by atoms with Gasteiger partial charge >= 0.3 is 24.4 Å². The van der Waals surface area contributed by atoms with Crippen LogP contribution < -0.4 is 14.4 Å². The first kappa shape index (κ1) is 29.3. The summed E-state index contributed by atoms with van der Waals surface area (Å²) in [6, 6.07) is 12.9. The molecule has 0 bridgehead atoms. The van der Waals surface area contributed by atoms with Crippen molar-refractivity contribution in [2.75, 3.05) is 4.90 Å². The maximum atomic E-state index is 13.7. The number of carboxylic acid groups (broad SMARTS) is 1. The van der Waals surface area contributed by atoms with E-state index in [9.17, 15) is 41.0 Å². The number of halogens is 6. The number of carbonyl (C=O) groups is 2. The molecule has 1 N–H and O–H groups in total. The molecule has 12 heteroatoms. The molecule has 0 saturated carbocycles. The van der Waals surface area contributed by atoms with Gasteiger partial charge in [-0.2, -0.15) is 13.2 Å². The third-order valence-corrected chi connectivity index (χ3v) is 5.41. The van der Waals surface area contributed by atoms with Gasteiger partial charge in [-0.3, -0.25) is 9.69 Å². The zero-order valence-corrected chi connectivity index (χ0v) is 20.9. The van der Waals surface area contributed by atoms with Crippen molar-refractivity contribution in [3.8, 4) is 17.2 Å². The summed E-state index contributed by atoms with van der Waals surface area (Å²) in [5.74, 6) is -4.51. The third kappa shape index (κ3) is 8.13. The maximum absolute atomic E-state index is 13.7. The number of ether oxygens (including phenoxy) is 2. The van der Waals surface area contributed by atoms with Crippen LogP contribution in [-0.4, -0.2) is 23.3 Å². The molecule has 0 radical (unpaired) electrons. The number of carboxylic acids is 1. The van der Waals surface area contributed by atoms with E-state index in [1.54, 1.807) is 24.3 Å². The highest BCUT2D eigenvalue weighted by Crippen LogP contribution is 2.37. The number of carbonyl (C=O) groups excluding carboxylic acids is 1. The molecule has 0 saturated heterocycles. The minimum atomic E-state index is -4.94. The van der Waals surface area contributed by atoms with E-state index in [0.29, 0.717) is 22.6 Å². The number of alkyl halides is 6. The second kappa shape index (κ2) is 10.9. The van der Waals surface area contributed by atoms with Gasteiger partial charge in [0.1, 0.15) is 17.2 Å². The lowest BCUT2D eigenvalue weighted by Gasteiger charge is -2.24. The minimum Gasteiger partial charge on any atom is -0.474 e. The number of anilines is 1. The molecule has 208 valence electrons. The van der Waals surface area contributed by atoms with E-state index in [-0.39, 0.29) is 17.7 Å². The quantitative estimate of drug-likeness (QED) is 0.255. The molecule has 0 aliphatic rings. The zero-order valence-electron chi connectivity index (χ0n) is 20.9. The third-order valence-electron chi connectivity index (χ3n) is 5.41. The SMILES string of the molecule is CC(C)(C)c1ccc(CN(C(=O)C(=O)O)c2cc(Oc3ccc(OC(F)(F)F)cc3)cc(C(F)(F)F)c2)cc1. The summed E-state index contributed by atoms with van der Waals surface area (Å²) in [5.41, 5.74) is -0.441. The predicted octanol–water partition coefficient (Wildman–Crippen LogP) is 7.31. The van der Waals surface area contributed by atoms with Gasteiger partial charge in [0.15, 0.2) is 0 Å². The van der Waals surface area contributed by atoms with Crippen LogP contribution in [0.5, 0.6) is 17.2 Å². The molecule has 6 nitrogen and oxygen atoms in total. The van der Waals surface area contributed by atoms with Crippen LogP contribution in [0.2, 0.25) is 0 Å². The van der Waals surface area contributed by atoms with Gasteiger partial charge in [0, 0.05) is 11.8 Å². The number of amides is 1. The van der Waals surface area contributed by atoms with Gasteiger partial charge < -0.3 is 14.6 Å². The normalized spacial score (nSPS) is 12.1. The van der Waals surface area contributed by atoms with E-state index in [4.69, 9.17) is 4.74 Å². The topological polar surface area (TPSA) is 76.1 Å². The molecular weight excluding hydrogens is 532 g/mol. The molecule has 0 aliphatic carbocycles. The smallest absolute Gasteiger partial charge is 0.474 e. The van der Waals surface area contributed by atoms with E-state index in [2.05, 4.69) is 4.74 Å². The van der Waals surface area contributed by atoms with Crippen LogP contribution in [0.25, 0.3) is 0 Å². The van der Waals surface area contributed by atoms with Gasteiger partial charge in [-0.25, -0.2) is 4.79 Å². The molecule has 3 rings (SSSR count). The standard InChI is InChI=1S/C27H23F6NO5/c1-25(2,3)17-6-4-16(5-7-17)15-34(23(35)24(36)37)19-12-18(26(28,29)30)13-22(14-19)38-20-8-10-21(11-9-20)39-27(31,32)33/h4-14H,15H2,1-3H3,(H,36,37). The Labute approximate surface area is 219 Å². The van der Waals surface area contributed by atoms with Crippen LogP contribution in [0.3, 0.4) is 0 Å². The van der Waals surface area contributed by atoms with Crippen molar-refractivity contribution in [3.05, 3.63) is 83.4 Å². The largest absolute Gasteiger partial charge is 0.573 e. The molecule has 1 amide bonds. The summed E-state index contributed by atoms with van der Waals surface area (Å²) >= 11 is 0. The van der Waals surface area contributed by atoms with Crippen molar-refractivity contribution in [1.82, 2.24) is 0 Å². The molecule has 39 heavy (non-hydrogen) atoms. The van der Waals surface area contributed by atoms with E-state index < -0.39 is 47.2 Å². The first-order valence-electron chi connectivity index (χ1n) is 11.3. The van der Waals surface area contributed by atoms with Crippen LogP contribution in [0.1, 0.15) is 37.5 Å². The van der Waals surface area contributed by atoms with Crippen LogP contribution in [-0.2, 0) is 27.7 Å². The highest BCUT2D eigenvalue weighted by atomic mass is 19.4. The van der Waals surface area contributed by atoms with E-state index in [1.807, 2.05) is 20.8 Å². The molecule has 0 aromatic heterocycles. The molecule has 0 aliphatic heterocycles. The first-order chi connectivity index (χ1) is 17.9. The number of nitrogens with zero attached hydrogens (tertiary/aromatic N) is 1. The van der Waals surface area contributed by atoms with Crippen LogP contribution in [0, 0.1) is 0 Å². The maximum Gasteiger partial charge on any atom is 0.573 e. The van der Waals surface area contributed by atoms with Crippen LogP contribution in [0.4, 0.5) is 32.0 Å². The van der Waals surface area contributed by atoms with Crippen molar-refractivity contribution in [3.63, 3.8) is 0 Å². The Morgan fingerprint density at radius 1 is 0.769 bits per heavy atom. The lowest BCUT2D eigenvalue weighted by atomic mass is 9.87. The zero-order chi connectivity index (χ0) is 29.2. The fraction of sp³-hybridized carbons (Fsp3) is 0.259. The lowest BCUT2D eigenvalue weighted by Crippen LogP contribution is -2.36. The van der Waals surface area contributed by atoms with Gasteiger partial charge in [0.25, 0.3) is 0 Å². The predicted molar refractivity (Wildman–Crippen MR) is 129 cm³/mol. The van der Waals surface area contributed by atoms with Crippen molar-refractivity contribution >= 4 is 17.6 Å². The second-order valence-corrected chi connectivity index (χ2v) is 9.48.